The zero-order valence-corrected chi connectivity index (χ0v) is 9.93. The smallest absolute Gasteiger partial charge is 0.222 e. The van der Waals surface area contributed by atoms with E-state index in [9.17, 15) is 9.59 Å². The molecule has 2 N–H and O–H groups in total. The molecular weight excluding hydrogens is 218 g/mol. The number of nitrogens with zero attached hydrogens (tertiary/aromatic N) is 2. The van der Waals surface area contributed by atoms with Crippen molar-refractivity contribution in [2.45, 2.75) is 19.3 Å². The van der Waals surface area contributed by atoms with E-state index < -0.39 is 5.91 Å². The Morgan fingerprint density at radius 3 is 2.53 bits per heavy atom. The normalized spacial score (nSPS) is 9.94. The fourth-order valence-corrected chi connectivity index (χ4v) is 1.39. The molecule has 92 valence electrons. The minimum Gasteiger partial charge on any atom is -0.370 e. The van der Waals surface area contributed by atoms with Crippen molar-refractivity contribution < 1.29 is 9.59 Å². The summed E-state index contributed by atoms with van der Waals surface area (Å²) in [4.78, 5) is 27.7. The fourth-order valence-electron chi connectivity index (χ4n) is 1.39. The van der Waals surface area contributed by atoms with Crippen LogP contribution in [-0.2, 0) is 16.0 Å². The van der Waals surface area contributed by atoms with Gasteiger partial charge in [0.05, 0.1) is 0 Å². The summed E-state index contributed by atoms with van der Waals surface area (Å²) in [7, 11) is 1.73. The first-order valence-corrected chi connectivity index (χ1v) is 5.51. The number of nitrogens with two attached hydrogens (primary N) is 1. The number of hydrogen-bond acceptors (Lipinski definition) is 3. The van der Waals surface area contributed by atoms with Gasteiger partial charge in [0.2, 0.25) is 11.8 Å². The van der Waals surface area contributed by atoms with Crippen LogP contribution in [0.4, 0.5) is 0 Å². The van der Waals surface area contributed by atoms with Gasteiger partial charge in [-0.15, -0.1) is 0 Å². The van der Waals surface area contributed by atoms with Crippen molar-refractivity contribution >= 4 is 11.8 Å². The first-order valence-electron chi connectivity index (χ1n) is 5.51. The maximum absolute atomic E-state index is 11.6. The van der Waals surface area contributed by atoms with Gasteiger partial charge in [-0.1, -0.05) is 0 Å². The molecular formula is C12H17N3O2. The lowest BCUT2D eigenvalue weighted by Gasteiger charge is -2.16. The maximum atomic E-state index is 11.6. The molecule has 5 nitrogen and oxygen atoms in total. The third-order valence-corrected chi connectivity index (χ3v) is 2.50. The van der Waals surface area contributed by atoms with Gasteiger partial charge >= 0.3 is 0 Å². The van der Waals surface area contributed by atoms with Gasteiger partial charge in [0.15, 0.2) is 0 Å². The average molecular weight is 235 g/mol. The maximum Gasteiger partial charge on any atom is 0.222 e. The topological polar surface area (TPSA) is 76.3 Å². The van der Waals surface area contributed by atoms with E-state index in [1.165, 1.54) is 0 Å². The molecule has 1 heterocycles. The molecule has 0 saturated heterocycles. The summed E-state index contributed by atoms with van der Waals surface area (Å²) in [5.74, 6) is -0.501. The van der Waals surface area contributed by atoms with Gasteiger partial charge in [0.25, 0.3) is 0 Å². The first kappa shape index (κ1) is 13.2. The highest BCUT2D eigenvalue weighted by atomic mass is 16.2. The van der Waals surface area contributed by atoms with Crippen molar-refractivity contribution in [3.63, 3.8) is 0 Å². The Kier molecular flexibility index (Phi) is 5.13. The second kappa shape index (κ2) is 6.62. The molecule has 1 rings (SSSR count). The number of amides is 2. The molecule has 0 bridgehead atoms. The number of hydrogen-bond donors (Lipinski definition) is 1. The quantitative estimate of drug-likeness (QED) is 0.772. The number of carbonyl (C=O) groups is 2. The molecule has 0 aliphatic heterocycles. The third kappa shape index (κ3) is 5.10. The van der Waals surface area contributed by atoms with Crippen LogP contribution >= 0.6 is 0 Å². The summed E-state index contributed by atoms with van der Waals surface area (Å²) in [5.41, 5.74) is 6.12. The second-order valence-corrected chi connectivity index (χ2v) is 3.89. The van der Waals surface area contributed by atoms with Gasteiger partial charge in [-0.25, -0.2) is 0 Å². The van der Waals surface area contributed by atoms with Crippen molar-refractivity contribution in [2.75, 3.05) is 13.6 Å². The summed E-state index contributed by atoms with van der Waals surface area (Å²) < 4.78 is 0. The van der Waals surface area contributed by atoms with Crippen LogP contribution in [0.1, 0.15) is 18.4 Å². The molecule has 5 heteroatoms. The SMILES string of the molecule is CN(CCc1ccncc1)C(=O)CCC(N)=O. The Labute approximate surface area is 101 Å². The zero-order valence-electron chi connectivity index (χ0n) is 9.93. The predicted molar refractivity (Wildman–Crippen MR) is 64.0 cm³/mol. The molecule has 0 atom stereocenters. The average Bonchev–Trinajstić information content (AvgIpc) is 2.34. The number of pyridine rings is 1. The standard InChI is InChI=1S/C12H17N3O2/c1-15(12(17)3-2-11(13)16)9-6-10-4-7-14-8-5-10/h4-5,7-8H,2-3,6,9H2,1H3,(H2,13,16). The summed E-state index contributed by atoms with van der Waals surface area (Å²) >= 11 is 0. The Morgan fingerprint density at radius 1 is 1.29 bits per heavy atom. The van der Waals surface area contributed by atoms with Crippen LogP contribution in [0.3, 0.4) is 0 Å². The number of carbonyl (C=O) groups excluding carboxylic acids is 2. The van der Waals surface area contributed by atoms with Crippen LogP contribution < -0.4 is 5.73 Å². The van der Waals surface area contributed by atoms with E-state index in [0.29, 0.717) is 6.54 Å². The third-order valence-electron chi connectivity index (χ3n) is 2.50. The molecule has 17 heavy (non-hydrogen) atoms. The number of rotatable bonds is 6. The van der Waals surface area contributed by atoms with Gasteiger partial charge in [0.1, 0.15) is 0 Å². The van der Waals surface area contributed by atoms with E-state index in [0.717, 1.165) is 12.0 Å². The molecule has 0 aliphatic rings. The van der Waals surface area contributed by atoms with Crippen molar-refractivity contribution in [1.82, 2.24) is 9.88 Å². The van der Waals surface area contributed by atoms with Crippen LogP contribution in [-0.4, -0.2) is 35.3 Å². The number of aromatic nitrogens is 1. The van der Waals surface area contributed by atoms with E-state index in [-0.39, 0.29) is 18.7 Å². The van der Waals surface area contributed by atoms with Gasteiger partial charge in [-0.3, -0.25) is 14.6 Å². The molecule has 0 unspecified atom stereocenters. The Balaban J connectivity index is 2.31. The van der Waals surface area contributed by atoms with Crippen molar-refractivity contribution in [1.29, 1.82) is 0 Å². The largest absolute Gasteiger partial charge is 0.370 e. The minimum atomic E-state index is -0.444. The van der Waals surface area contributed by atoms with Crippen LogP contribution in [0.2, 0.25) is 0 Å². The molecule has 0 aromatic carbocycles. The molecule has 1 aromatic heterocycles. The minimum absolute atomic E-state index is 0.0575. The van der Waals surface area contributed by atoms with E-state index in [1.807, 2.05) is 12.1 Å². The molecule has 0 radical (unpaired) electrons. The predicted octanol–water partition coefficient (Wildman–Crippen LogP) is 0.348. The molecule has 0 fully saturated rings. The van der Waals surface area contributed by atoms with E-state index in [4.69, 9.17) is 5.73 Å². The molecule has 0 aliphatic carbocycles. The first-order chi connectivity index (χ1) is 8.09. The fraction of sp³-hybridized carbons (Fsp3) is 0.417. The van der Waals surface area contributed by atoms with Crippen molar-refractivity contribution in [3.05, 3.63) is 30.1 Å². The van der Waals surface area contributed by atoms with Gasteiger partial charge in [-0.2, -0.15) is 0 Å². The van der Waals surface area contributed by atoms with Crippen LogP contribution in [0.15, 0.2) is 24.5 Å². The summed E-state index contributed by atoms with van der Waals surface area (Å²) in [5, 5.41) is 0. The van der Waals surface area contributed by atoms with E-state index in [1.54, 1.807) is 24.3 Å². The van der Waals surface area contributed by atoms with Crippen molar-refractivity contribution in [3.8, 4) is 0 Å². The lowest BCUT2D eigenvalue weighted by atomic mass is 10.2. The lowest BCUT2D eigenvalue weighted by Crippen LogP contribution is -2.29. The zero-order chi connectivity index (χ0) is 12.7. The monoisotopic (exact) mass is 235 g/mol. The number of primary amides is 1. The summed E-state index contributed by atoms with van der Waals surface area (Å²) in [6, 6.07) is 3.84. The second-order valence-electron chi connectivity index (χ2n) is 3.89. The van der Waals surface area contributed by atoms with Gasteiger partial charge in [-0.05, 0) is 24.1 Å². The molecule has 0 spiro atoms. The lowest BCUT2D eigenvalue weighted by molar-refractivity contribution is -0.131. The highest BCUT2D eigenvalue weighted by molar-refractivity contribution is 5.82. The highest BCUT2D eigenvalue weighted by Crippen LogP contribution is 2.01. The van der Waals surface area contributed by atoms with E-state index in [2.05, 4.69) is 4.98 Å². The van der Waals surface area contributed by atoms with Gasteiger partial charge < -0.3 is 10.6 Å². The van der Waals surface area contributed by atoms with Gasteiger partial charge in [0, 0.05) is 38.8 Å². The molecule has 2 amide bonds. The van der Waals surface area contributed by atoms with Crippen LogP contribution in [0.5, 0.6) is 0 Å². The Morgan fingerprint density at radius 2 is 1.94 bits per heavy atom. The Hall–Kier alpha value is -1.91. The van der Waals surface area contributed by atoms with Crippen LogP contribution in [0, 0.1) is 0 Å². The molecule has 1 aromatic rings. The Bertz CT molecular complexity index is 379. The van der Waals surface area contributed by atoms with Crippen LogP contribution in [0.25, 0.3) is 0 Å². The molecule has 0 saturated carbocycles. The van der Waals surface area contributed by atoms with Crippen molar-refractivity contribution in [2.24, 2.45) is 5.73 Å². The summed E-state index contributed by atoms with van der Waals surface area (Å²) in [6.07, 6.45) is 4.52. The number of likely N-dealkylation sites (N-methyl/N-ethyl adjacent to an activating group) is 1. The van der Waals surface area contributed by atoms with E-state index >= 15 is 0 Å². The summed E-state index contributed by atoms with van der Waals surface area (Å²) in [6.45, 7) is 0.627. The highest BCUT2D eigenvalue weighted by Gasteiger charge is 2.09.